The number of carbonyl (C=O) groups excluding carboxylic acids is 1. The minimum Gasteiger partial charge on any atom is -0.390 e. The number of benzene rings is 1. The summed E-state index contributed by atoms with van der Waals surface area (Å²) in [4.78, 5) is 13.2. The van der Waals surface area contributed by atoms with Crippen LogP contribution >= 0.6 is 0 Å². The van der Waals surface area contributed by atoms with Crippen LogP contribution in [0.25, 0.3) is 0 Å². The van der Waals surface area contributed by atoms with E-state index >= 15 is 0 Å². The van der Waals surface area contributed by atoms with Gasteiger partial charge >= 0.3 is 0 Å². The summed E-state index contributed by atoms with van der Waals surface area (Å²) in [5, 5.41) is 19.8. The zero-order valence-corrected chi connectivity index (χ0v) is 11.5. The van der Waals surface area contributed by atoms with Crippen LogP contribution in [0.4, 0.5) is 0 Å². The van der Waals surface area contributed by atoms with Gasteiger partial charge in [0.2, 0.25) is 5.91 Å². The molecule has 20 heavy (non-hydrogen) atoms. The van der Waals surface area contributed by atoms with Crippen molar-refractivity contribution in [2.24, 2.45) is 5.73 Å². The van der Waals surface area contributed by atoms with Crippen molar-refractivity contribution < 1.29 is 15.0 Å². The van der Waals surface area contributed by atoms with E-state index in [0.29, 0.717) is 5.56 Å². The third-order valence-corrected chi connectivity index (χ3v) is 3.67. The molecule has 0 spiro atoms. The van der Waals surface area contributed by atoms with Gasteiger partial charge in [0.15, 0.2) is 0 Å². The van der Waals surface area contributed by atoms with Gasteiger partial charge in [0.25, 0.3) is 0 Å². The maximum Gasteiger partial charge on any atom is 0.220 e. The summed E-state index contributed by atoms with van der Waals surface area (Å²) in [6.45, 7) is 3.07. The van der Waals surface area contributed by atoms with Crippen molar-refractivity contribution in [1.82, 2.24) is 4.90 Å². The van der Waals surface area contributed by atoms with Crippen LogP contribution in [0.15, 0.2) is 24.3 Å². The van der Waals surface area contributed by atoms with Crippen molar-refractivity contribution in [3.05, 3.63) is 35.4 Å². The minimum absolute atomic E-state index is 0.239. The normalized spacial score (nSPS) is 18.9. The molecular weight excluding hydrogens is 256 g/mol. The predicted octanol–water partition coefficient (Wildman–Crippen LogP) is 0.552. The molecule has 2 rings (SSSR count). The van der Waals surface area contributed by atoms with E-state index in [1.807, 2.05) is 18.2 Å². The number of hydrogen-bond acceptors (Lipinski definition) is 4. The second-order valence-electron chi connectivity index (χ2n) is 5.41. The molecule has 1 aromatic carbocycles. The van der Waals surface area contributed by atoms with Gasteiger partial charge < -0.3 is 15.9 Å². The maximum atomic E-state index is 10.8. The second kappa shape index (κ2) is 6.83. The van der Waals surface area contributed by atoms with Crippen molar-refractivity contribution in [1.29, 1.82) is 0 Å². The lowest BCUT2D eigenvalue weighted by Gasteiger charge is -2.19. The summed E-state index contributed by atoms with van der Waals surface area (Å²) < 4.78 is 0. The highest BCUT2D eigenvalue weighted by atomic mass is 16.3. The molecule has 5 heteroatoms. The van der Waals surface area contributed by atoms with Crippen LogP contribution in [-0.2, 0) is 11.3 Å². The number of primary amides is 1. The number of nitrogens with zero attached hydrogens (tertiary/aromatic N) is 1. The van der Waals surface area contributed by atoms with Gasteiger partial charge in [-0.2, -0.15) is 0 Å². The number of nitrogens with two attached hydrogens (primary N) is 1. The van der Waals surface area contributed by atoms with Gasteiger partial charge in [0, 0.05) is 6.54 Å². The number of aliphatic hydroxyl groups excluding tert-OH is 2. The van der Waals surface area contributed by atoms with E-state index in [4.69, 9.17) is 5.73 Å². The second-order valence-corrected chi connectivity index (χ2v) is 5.41. The Hall–Kier alpha value is -1.43. The number of carbonyl (C=O) groups is 1. The first-order chi connectivity index (χ1) is 9.56. The Morgan fingerprint density at radius 2 is 2.00 bits per heavy atom. The topological polar surface area (TPSA) is 86.8 Å². The van der Waals surface area contributed by atoms with Crippen LogP contribution in [0.2, 0.25) is 0 Å². The smallest absolute Gasteiger partial charge is 0.220 e. The Morgan fingerprint density at radius 1 is 1.30 bits per heavy atom. The number of rotatable bonds is 6. The van der Waals surface area contributed by atoms with Crippen molar-refractivity contribution in [3.63, 3.8) is 0 Å². The van der Waals surface area contributed by atoms with Gasteiger partial charge in [-0.05, 0) is 37.1 Å². The average Bonchev–Trinajstić information content (AvgIpc) is 2.90. The standard InChI is InChI=1S/C15H22N2O3/c16-14(19)9-13(18)15(20)12-5-3-4-11(8-12)10-17-6-1-2-7-17/h3-5,8,13,15,18,20H,1-2,6-7,9-10H2,(H2,16,19). The van der Waals surface area contributed by atoms with Crippen LogP contribution in [-0.4, -0.2) is 40.2 Å². The maximum absolute atomic E-state index is 10.8. The van der Waals surface area contributed by atoms with E-state index in [-0.39, 0.29) is 6.42 Å². The zero-order chi connectivity index (χ0) is 14.5. The van der Waals surface area contributed by atoms with E-state index < -0.39 is 18.1 Å². The molecule has 1 saturated heterocycles. The molecule has 4 N–H and O–H groups in total. The lowest BCUT2D eigenvalue weighted by Crippen LogP contribution is -2.26. The molecule has 2 unspecified atom stereocenters. The van der Waals surface area contributed by atoms with Gasteiger partial charge in [-0.15, -0.1) is 0 Å². The van der Waals surface area contributed by atoms with Crippen LogP contribution in [0.1, 0.15) is 36.5 Å². The molecule has 1 aromatic rings. The fraction of sp³-hybridized carbons (Fsp3) is 0.533. The summed E-state index contributed by atoms with van der Waals surface area (Å²) in [6.07, 6.45) is -0.00728. The van der Waals surface area contributed by atoms with Crippen molar-refractivity contribution >= 4 is 5.91 Å². The fourth-order valence-corrected chi connectivity index (χ4v) is 2.61. The monoisotopic (exact) mass is 278 g/mol. The molecule has 0 aromatic heterocycles. The van der Waals surface area contributed by atoms with Gasteiger partial charge in [-0.3, -0.25) is 9.69 Å². The summed E-state index contributed by atoms with van der Waals surface area (Å²) in [5.41, 5.74) is 6.76. The Morgan fingerprint density at radius 3 is 2.65 bits per heavy atom. The lowest BCUT2D eigenvalue weighted by molar-refractivity contribution is -0.121. The molecular formula is C15H22N2O3. The van der Waals surface area contributed by atoms with Crippen LogP contribution in [0, 0.1) is 0 Å². The van der Waals surface area contributed by atoms with E-state index in [2.05, 4.69) is 4.90 Å². The highest BCUT2D eigenvalue weighted by Gasteiger charge is 2.21. The quantitative estimate of drug-likeness (QED) is 0.709. The Labute approximate surface area is 119 Å². The third-order valence-electron chi connectivity index (χ3n) is 3.67. The first-order valence-corrected chi connectivity index (χ1v) is 7.02. The van der Waals surface area contributed by atoms with Gasteiger partial charge in [0.1, 0.15) is 6.10 Å². The molecule has 1 heterocycles. The van der Waals surface area contributed by atoms with Crippen LogP contribution in [0.3, 0.4) is 0 Å². The molecule has 0 bridgehead atoms. The van der Waals surface area contributed by atoms with E-state index in [1.54, 1.807) is 6.07 Å². The molecule has 1 fully saturated rings. The molecule has 0 aliphatic carbocycles. The number of likely N-dealkylation sites (tertiary alicyclic amines) is 1. The van der Waals surface area contributed by atoms with Crippen molar-refractivity contribution in [2.75, 3.05) is 13.1 Å². The molecule has 1 aliphatic heterocycles. The summed E-state index contributed by atoms with van der Waals surface area (Å²) in [7, 11) is 0. The summed E-state index contributed by atoms with van der Waals surface area (Å²) >= 11 is 0. The average molecular weight is 278 g/mol. The molecule has 2 atom stereocenters. The predicted molar refractivity (Wildman–Crippen MR) is 75.7 cm³/mol. The largest absolute Gasteiger partial charge is 0.390 e. The number of hydrogen-bond donors (Lipinski definition) is 3. The van der Waals surface area contributed by atoms with E-state index in [1.165, 1.54) is 12.8 Å². The molecule has 1 amide bonds. The van der Waals surface area contributed by atoms with Crippen LogP contribution in [0.5, 0.6) is 0 Å². The highest BCUT2D eigenvalue weighted by molar-refractivity contribution is 5.74. The first kappa shape index (κ1) is 15.0. The van der Waals surface area contributed by atoms with Crippen LogP contribution < -0.4 is 5.73 Å². The molecule has 5 nitrogen and oxygen atoms in total. The fourth-order valence-electron chi connectivity index (χ4n) is 2.61. The van der Waals surface area contributed by atoms with E-state index in [9.17, 15) is 15.0 Å². The Bertz CT molecular complexity index is 458. The SMILES string of the molecule is NC(=O)CC(O)C(O)c1cccc(CN2CCCC2)c1. The molecule has 0 saturated carbocycles. The first-order valence-electron chi connectivity index (χ1n) is 7.02. The molecule has 1 aliphatic rings. The van der Waals surface area contributed by atoms with E-state index in [0.717, 1.165) is 25.2 Å². The van der Waals surface area contributed by atoms with Gasteiger partial charge in [0.05, 0.1) is 12.5 Å². The number of aliphatic hydroxyl groups is 2. The summed E-state index contributed by atoms with van der Waals surface area (Å²) in [6, 6.07) is 7.51. The minimum atomic E-state index is -1.16. The van der Waals surface area contributed by atoms with Gasteiger partial charge in [-0.25, -0.2) is 0 Å². The van der Waals surface area contributed by atoms with Gasteiger partial charge in [-0.1, -0.05) is 24.3 Å². The van der Waals surface area contributed by atoms with Crippen molar-refractivity contribution in [2.45, 2.75) is 38.0 Å². The number of amides is 1. The molecule has 0 radical (unpaired) electrons. The zero-order valence-electron chi connectivity index (χ0n) is 11.5. The Balaban J connectivity index is 2.02. The Kier molecular flexibility index (Phi) is 5.11. The highest BCUT2D eigenvalue weighted by Crippen LogP contribution is 2.21. The summed E-state index contributed by atoms with van der Waals surface area (Å²) in [5.74, 6) is -0.621. The third kappa shape index (κ3) is 4.03. The lowest BCUT2D eigenvalue weighted by atomic mass is 10.00. The van der Waals surface area contributed by atoms with Crippen molar-refractivity contribution in [3.8, 4) is 0 Å². The molecule has 110 valence electrons.